The van der Waals surface area contributed by atoms with Gasteiger partial charge in [0.2, 0.25) is 0 Å². The summed E-state index contributed by atoms with van der Waals surface area (Å²) < 4.78 is 5.39. The average Bonchev–Trinajstić information content (AvgIpc) is 2.97. The second-order valence-corrected chi connectivity index (χ2v) is 6.16. The number of furan rings is 1. The third kappa shape index (κ3) is 3.46. The lowest BCUT2D eigenvalue weighted by Gasteiger charge is -2.12. The Morgan fingerprint density at radius 2 is 2.10 bits per heavy atom. The predicted molar refractivity (Wildman–Crippen MR) is 87.4 cm³/mol. The molecule has 0 saturated heterocycles. The Morgan fingerprint density at radius 3 is 2.86 bits per heavy atom. The molecular formula is C17H18N2OS. The quantitative estimate of drug-likeness (QED) is 0.723. The summed E-state index contributed by atoms with van der Waals surface area (Å²) in [6, 6.07) is 14.4. The second kappa shape index (κ2) is 6.33. The summed E-state index contributed by atoms with van der Waals surface area (Å²) in [6.45, 7) is 2.02. The molecule has 0 aliphatic carbocycles. The third-order valence-electron chi connectivity index (χ3n) is 3.24. The Kier molecular flexibility index (Phi) is 4.27. The van der Waals surface area contributed by atoms with E-state index in [1.807, 2.05) is 37.3 Å². The second-order valence-electron chi connectivity index (χ2n) is 5.19. The number of hydrogen-bond acceptors (Lipinski definition) is 4. The molecule has 3 nitrogen and oxygen atoms in total. The minimum absolute atomic E-state index is 0.121. The summed E-state index contributed by atoms with van der Waals surface area (Å²) >= 11 is 1.70. The Hall–Kier alpha value is -1.78. The number of nitrogens with zero attached hydrogens (tertiary/aromatic N) is 1. The first-order valence-corrected chi connectivity index (χ1v) is 8.00. The number of thioether (sulfide) groups is 1. The highest BCUT2D eigenvalue weighted by Crippen LogP contribution is 2.28. The molecule has 1 aromatic carbocycles. The van der Waals surface area contributed by atoms with Gasteiger partial charge in [-0.3, -0.25) is 0 Å². The zero-order valence-electron chi connectivity index (χ0n) is 12.0. The molecule has 108 valence electrons. The maximum absolute atomic E-state index is 5.97. The van der Waals surface area contributed by atoms with Crippen LogP contribution in [0.25, 0.3) is 10.9 Å². The molecule has 0 fully saturated rings. The van der Waals surface area contributed by atoms with Gasteiger partial charge in [0.1, 0.15) is 10.8 Å². The van der Waals surface area contributed by atoms with Gasteiger partial charge in [0.15, 0.2) is 0 Å². The summed E-state index contributed by atoms with van der Waals surface area (Å²) in [4.78, 5) is 4.79. The molecule has 3 rings (SSSR count). The maximum Gasteiger partial charge on any atom is 0.114 e. The first-order valence-electron chi connectivity index (χ1n) is 7.02. The van der Waals surface area contributed by atoms with Crippen LogP contribution in [-0.2, 0) is 12.2 Å². The normalized spacial score (nSPS) is 12.7. The first kappa shape index (κ1) is 14.2. The Labute approximate surface area is 128 Å². The van der Waals surface area contributed by atoms with Crippen LogP contribution in [0, 0.1) is 0 Å². The van der Waals surface area contributed by atoms with E-state index < -0.39 is 0 Å². The average molecular weight is 298 g/mol. The molecule has 0 aliphatic rings. The number of rotatable bonds is 5. The number of nitrogens with two attached hydrogens (primary N) is 1. The van der Waals surface area contributed by atoms with Gasteiger partial charge in [0.25, 0.3) is 0 Å². The minimum Gasteiger partial charge on any atom is -0.468 e. The zero-order valence-corrected chi connectivity index (χ0v) is 12.8. The van der Waals surface area contributed by atoms with Crippen molar-refractivity contribution in [2.24, 2.45) is 5.73 Å². The molecule has 1 atom stereocenters. The van der Waals surface area contributed by atoms with Crippen LogP contribution in [0.15, 0.2) is 58.2 Å². The molecule has 21 heavy (non-hydrogen) atoms. The van der Waals surface area contributed by atoms with Crippen LogP contribution < -0.4 is 5.73 Å². The summed E-state index contributed by atoms with van der Waals surface area (Å²) in [6.07, 6.45) is 2.53. The molecule has 0 spiro atoms. The highest BCUT2D eigenvalue weighted by Gasteiger charge is 2.10. The number of fused-ring (bicyclic) bond motifs is 1. The van der Waals surface area contributed by atoms with Crippen LogP contribution in [0.1, 0.15) is 18.2 Å². The van der Waals surface area contributed by atoms with Crippen molar-refractivity contribution >= 4 is 22.7 Å². The smallest absolute Gasteiger partial charge is 0.114 e. The van der Waals surface area contributed by atoms with Crippen LogP contribution in [0.2, 0.25) is 0 Å². The summed E-state index contributed by atoms with van der Waals surface area (Å²) in [5.74, 6) is 1.74. The van der Waals surface area contributed by atoms with E-state index in [0.29, 0.717) is 0 Å². The van der Waals surface area contributed by atoms with E-state index in [0.717, 1.165) is 33.9 Å². The van der Waals surface area contributed by atoms with Gasteiger partial charge in [-0.15, -0.1) is 0 Å². The molecule has 0 aliphatic heterocycles. The van der Waals surface area contributed by atoms with Crippen LogP contribution in [0.5, 0.6) is 0 Å². The zero-order chi connectivity index (χ0) is 14.7. The van der Waals surface area contributed by atoms with Gasteiger partial charge in [-0.05, 0) is 43.2 Å². The molecule has 0 amide bonds. The number of pyridine rings is 1. The van der Waals surface area contributed by atoms with E-state index in [1.54, 1.807) is 18.0 Å². The van der Waals surface area contributed by atoms with Crippen molar-refractivity contribution in [1.82, 2.24) is 4.98 Å². The van der Waals surface area contributed by atoms with Crippen LogP contribution in [-0.4, -0.2) is 11.0 Å². The Bertz CT molecular complexity index is 723. The molecule has 0 radical (unpaired) electrons. The third-order valence-corrected chi connectivity index (χ3v) is 4.29. The largest absolute Gasteiger partial charge is 0.468 e. The molecule has 0 saturated carbocycles. The summed E-state index contributed by atoms with van der Waals surface area (Å²) in [5, 5.41) is 2.21. The fourth-order valence-corrected chi connectivity index (χ4v) is 3.23. The van der Waals surface area contributed by atoms with E-state index in [4.69, 9.17) is 15.1 Å². The Morgan fingerprint density at radius 1 is 1.24 bits per heavy atom. The number of para-hydroxylation sites is 1. The number of hydrogen-bond donors (Lipinski definition) is 1. The topological polar surface area (TPSA) is 52.0 Å². The van der Waals surface area contributed by atoms with Crippen LogP contribution in [0.3, 0.4) is 0 Å². The SMILES string of the molecule is CC(N)Cc1cc2ccccc2nc1SCc1ccco1. The fourth-order valence-electron chi connectivity index (χ4n) is 2.29. The molecule has 3 aromatic rings. The van der Waals surface area contributed by atoms with Crippen molar-refractivity contribution in [3.05, 3.63) is 60.1 Å². The maximum atomic E-state index is 5.97. The van der Waals surface area contributed by atoms with Gasteiger partial charge >= 0.3 is 0 Å². The first-order chi connectivity index (χ1) is 10.2. The van der Waals surface area contributed by atoms with Crippen molar-refractivity contribution in [1.29, 1.82) is 0 Å². The molecule has 0 bridgehead atoms. The van der Waals surface area contributed by atoms with Crippen molar-refractivity contribution < 1.29 is 4.42 Å². The van der Waals surface area contributed by atoms with E-state index in [9.17, 15) is 0 Å². The van der Waals surface area contributed by atoms with Crippen molar-refractivity contribution in [2.45, 2.75) is 30.2 Å². The molecule has 1 unspecified atom stereocenters. The summed E-state index contributed by atoms with van der Waals surface area (Å²) in [5.41, 5.74) is 8.20. The number of aromatic nitrogens is 1. The van der Waals surface area contributed by atoms with Gasteiger partial charge in [-0.25, -0.2) is 4.98 Å². The van der Waals surface area contributed by atoms with E-state index in [-0.39, 0.29) is 6.04 Å². The van der Waals surface area contributed by atoms with Crippen molar-refractivity contribution in [3.8, 4) is 0 Å². The molecule has 2 aromatic heterocycles. The standard InChI is InChI=1S/C17H18N2OS/c1-12(18)9-14-10-13-5-2-3-7-16(13)19-17(14)21-11-15-6-4-8-20-15/h2-8,10,12H,9,11,18H2,1H3. The molecule has 2 heterocycles. The highest BCUT2D eigenvalue weighted by atomic mass is 32.2. The van der Waals surface area contributed by atoms with Gasteiger partial charge in [-0.1, -0.05) is 30.0 Å². The van der Waals surface area contributed by atoms with E-state index in [1.165, 1.54) is 5.56 Å². The van der Waals surface area contributed by atoms with Gasteiger partial charge in [0, 0.05) is 11.4 Å². The minimum atomic E-state index is 0.121. The van der Waals surface area contributed by atoms with E-state index in [2.05, 4.69) is 12.1 Å². The number of benzene rings is 1. The lowest BCUT2D eigenvalue weighted by molar-refractivity contribution is 0.530. The monoisotopic (exact) mass is 298 g/mol. The van der Waals surface area contributed by atoms with Crippen molar-refractivity contribution in [3.63, 3.8) is 0 Å². The van der Waals surface area contributed by atoms with Gasteiger partial charge < -0.3 is 10.2 Å². The van der Waals surface area contributed by atoms with E-state index >= 15 is 0 Å². The fraction of sp³-hybridized carbons (Fsp3) is 0.235. The van der Waals surface area contributed by atoms with Crippen LogP contribution >= 0.6 is 11.8 Å². The Balaban J connectivity index is 1.93. The molecule has 4 heteroatoms. The highest BCUT2D eigenvalue weighted by molar-refractivity contribution is 7.98. The van der Waals surface area contributed by atoms with Crippen LogP contribution in [0.4, 0.5) is 0 Å². The lowest BCUT2D eigenvalue weighted by atomic mass is 10.1. The van der Waals surface area contributed by atoms with Gasteiger partial charge in [0.05, 0.1) is 17.5 Å². The summed E-state index contributed by atoms with van der Waals surface area (Å²) in [7, 11) is 0. The van der Waals surface area contributed by atoms with Gasteiger partial charge in [-0.2, -0.15) is 0 Å². The lowest BCUT2D eigenvalue weighted by Crippen LogP contribution is -2.18. The molecule has 2 N–H and O–H groups in total. The molecular weight excluding hydrogens is 280 g/mol. The van der Waals surface area contributed by atoms with Crippen molar-refractivity contribution in [2.75, 3.05) is 0 Å². The predicted octanol–water partition coefficient (Wildman–Crippen LogP) is 4.01.